The molecule has 0 saturated heterocycles. The van der Waals surface area contributed by atoms with Gasteiger partial charge in [0.15, 0.2) is 0 Å². The number of rotatable bonds is 9. The maximum Gasteiger partial charge on any atom is 0.242 e. The maximum atomic E-state index is 13.3. The number of hydrogen-bond donors (Lipinski definition) is 1. The zero-order valence-corrected chi connectivity index (χ0v) is 21.2. The van der Waals surface area contributed by atoms with E-state index in [2.05, 4.69) is 50.4 Å². The minimum atomic E-state index is -0.542. The molecule has 0 heterocycles. The van der Waals surface area contributed by atoms with E-state index in [1.54, 1.807) is 17.0 Å². The number of amides is 2. The van der Waals surface area contributed by atoms with E-state index in [1.807, 2.05) is 19.9 Å². The summed E-state index contributed by atoms with van der Waals surface area (Å²) >= 11 is 12.2. The first kappa shape index (κ1) is 26.2. The average molecular weight is 477 g/mol. The minimum absolute atomic E-state index is 0.0610. The number of nitrogens with one attached hydrogen (secondary N) is 1. The van der Waals surface area contributed by atoms with Gasteiger partial charge in [-0.2, -0.15) is 0 Å². The highest BCUT2D eigenvalue weighted by Crippen LogP contribution is 2.25. The topological polar surface area (TPSA) is 49.4 Å². The Morgan fingerprint density at radius 2 is 1.59 bits per heavy atom. The zero-order chi connectivity index (χ0) is 23.9. The van der Waals surface area contributed by atoms with Crippen LogP contribution in [-0.4, -0.2) is 29.3 Å². The SMILES string of the molecule is CCNC(=O)[C@H](CC)N(Cc1ccc(Cl)c(Cl)c1)C(=O)CCc1ccc(C(C)(C)C)cc1. The number of nitrogens with zero attached hydrogens (tertiary/aromatic N) is 1. The molecule has 32 heavy (non-hydrogen) atoms. The lowest BCUT2D eigenvalue weighted by Crippen LogP contribution is -2.49. The van der Waals surface area contributed by atoms with Gasteiger partial charge in [0.2, 0.25) is 11.8 Å². The molecule has 4 nitrogen and oxygen atoms in total. The summed E-state index contributed by atoms with van der Waals surface area (Å²) in [6.07, 6.45) is 1.47. The van der Waals surface area contributed by atoms with Crippen LogP contribution in [0, 0.1) is 0 Å². The number of halogens is 2. The van der Waals surface area contributed by atoms with Crippen molar-refractivity contribution in [3.8, 4) is 0 Å². The van der Waals surface area contributed by atoms with Crippen LogP contribution in [0.2, 0.25) is 10.0 Å². The van der Waals surface area contributed by atoms with E-state index in [-0.39, 0.29) is 17.2 Å². The molecule has 0 aliphatic carbocycles. The van der Waals surface area contributed by atoms with E-state index in [1.165, 1.54) is 5.56 Å². The molecule has 6 heteroatoms. The highest BCUT2D eigenvalue weighted by atomic mass is 35.5. The Morgan fingerprint density at radius 3 is 2.12 bits per heavy atom. The van der Waals surface area contributed by atoms with Crippen LogP contribution in [0.5, 0.6) is 0 Å². The van der Waals surface area contributed by atoms with Gasteiger partial charge in [0.1, 0.15) is 6.04 Å². The zero-order valence-electron chi connectivity index (χ0n) is 19.7. The quantitative estimate of drug-likeness (QED) is 0.470. The van der Waals surface area contributed by atoms with Crippen molar-refractivity contribution in [2.45, 2.75) is 71.9 Å². The van der Waals surface area contributed by atoms with Crippen LogP contribution in [0.15, 0.2) is 42.5 Å². The molecule has 2 aromatic carbocycles. The standard InChI is InChI=1S/C26H34Cl2N2O2/c1-6-23(25(32)29-7-2)30(17-19-10-14-21(27)22(28)16-19)24(31)15-11-18-8-12-20(13-9-18)26(3,4)5/h8-10,12-14,16,23H,6-7,11,15,17H2,1-5H3,(H,29,32)/t23-/m0/s1. The van der Waals surface area contributed by atoms with Gasteiger partial charge in [0, 0.05) is 19.5 Å². The number of likely N-dealkylation sites (N-methyl/N-ethyl adjacent to an activating group) is 1. The van der Waals surface area contributed by atoms with E-state index >= 15 is 0 Å². The fraction of sp³-hybridized carbons (Fsp3) is 0.462. The van der Waals surface area contributed by atoms with E-state index in [0.717, 1.165) is 11.1 Å². The monoisotopic (exact) mass is 476 g/mol. The molecule has 1 N–H and O–H groups in total. The van der Waals surface area contributed by atoms with Crippen LogP contribution in [-0.2, 0) is 28.0 Å². The lowest BCUT2D eigenvalue weighted by atomic mass is 9.86. The van der Waals surface area contributed by atoms with Crippen LogP contribution in [0.1, 0.15) is 64.2 Å². The lowest BCUT2D eigenvalue weighted by molar-refractivity contribution is -0.141. The Morgan fingerprint density at radius 1 is 0.969 bits per heavy atom. The summed E-state index contributed by atoms with van der Waals surface area (Å²) in [4.78, 5) is 27.6. The first-order valence-corrected chi connectivity index (χ1v) is 11.9. The summed E-state index contributed by atoms with van der Waals surface area (Å²) in [5.41, 5.74) is 3.29. The molecule has 2 amide bonds. The third-order valence-corrected chi connectivity index (χ3v) is 6.26. The molecule has 1 atom stereocenters. The molecule has 174 valence electrons. The Kier molecular flexibility index (Phi) is 9.60. The lowest BCUT2D eigenvalue weighted by Gasteiger charge is -2.30. The summed E-state index contributed by atoms with van der Waals surface area (Å²) in [7, 11) is 0. The fourth-order valence-electron chi connectivity index (χ4n) is 3.61. The highest BCUT2D eigenvalue weighted by molar-refractivity contribution is 6.42. The smallest absolute Gasteiger partial charge is 0.242 e. The van der Waals surface area contributed by atoms with E-state index in [9.17, 15) is 9.59 Å². The molecule has 2 aromatic rings. The molecule has 0 aromatic heterocycles. The summed E-state index contributed by atoms with van der Waals surface area (Å²) in [6, 6.07) is 13.2. The molecule has 0 bridgehead atoms. The average Bonchev–Trinajstić information content (AvgIpc) is 2.74. The summed E-state index contributed by atoms with van der Waals surface area (Å²) < 4.78 is 0. The van der Waals surface area contributed by atoms with Gasteiger partial charge >= 0.3 is 0 Å². The van der Waals surface area contributed by atoms with Crippen molar-refractivity contribution in [3.05, 3.63) is 69.2 Å². The molecule has 0 unspecified atom stereocenters. The van der Waals surface area contributed by atoms with Crippen molar-refractivity contribution in [2.75, 3.05) is 6.54 Å². The molecule has 2 rings (SSSR count). The van der Waals surface area contributed by atoms with Crippen LogP contribution in [0.4, 0.5) is 0 Å². The second-order valence-corrected chi connectivity index (χ2v) is 9.85. The number of hydrogen-bond acceptors (Lipinski definition) is 2. The van der Waals surface area contributed by atoms with Gasteiger partial charge in [-0.15, -0.1) is 0 Å². The van der Waals surface area contributed by atoms with Crippen LogP contribution < -0.4 is 5.32 Å². The van der Waals surface area contributed by atoms with Crippen LogP contribution in [0.25, 0.3) is 0 Å². The van der Waals surface area contributed by atoms with Crippen LogP contribution in [0.3, 0.4) is 0 Å². The fourth-order valence-corrected chi connectivity index (χ4v) is 3.93. The third kappa shape index (κ3) is 7.25. The maximum absolute atomic E-state index is 13.3. The van der Waals surface area contributed by atoms with Crippen LogP contribution >= 0.6 is 23.2 Å². The normalized spacial score (nSPS) is 12.3. The molecule has 0 saturated carbocycles. The van der Waals surface area contributed by atoms with Gasteiger partial charge in [-0.05, 0) is 54.0 Å². The van der Waals surface area contributed by atoms with Gasteiger partial charge in [-0.3, -0.25) is 9.59 Å². The molecule has 0 fully saturated rings. The van der Waals surface area contributed by atoms with Crippen molar-refractivity contribution >= 4 is 35.0 Å². The van der Waals surface area contributed by atoms with E-state index in [0.29, 0.717) is 42.4 Å². The number of carbonyl (C=O) groups is 2. The Bertz CT molecular complexity index is 920. The van der Waals surface area contributed by atoms with Gasteiger partial charge in [-0.25, -0.2) is 0 Å². The summed E-state index contributed by atoms with van der Waals surface area (Å²) in [5.74, 6) is -0.202. The van der Waals surface area contributed by atoms with Crippen molar-refractivity contribution in [3.63, 3.8) is 0 Å². The summed E-state index contributed by atoms with van der Waals surface area (Å²) in [5, 5.41) is 3.75. The predicted octanol–water partition coefficient (Wildman–Crippen LogP) is 6.17. The first-order valence-electron chi connectivity index (χ1n) is 11.2. The van der Waals surface area contributed by atoms with Crippen molar-refractivity contribution in [1.29, 1.82) is 0 Å². The van der Waals surface area contributed by atoms with Gasteiger partial charge in [-0.1, -0.05) is 81.2 Å². The first-order chi connectivity index (χ1) is 15.1. The predicted molar refractivity (Wildman–Crippen MR) is 133 cm³/mol. The molecule has 0 radical (unpaired) electrons. The Labute approximate surface area is 202 Å². The molecule has 0 spiro atoms. The highest BCUT2D eigenvalue weighted by Gasteiger charge is 2.28. The van der Waals surface area contributed by atoms with Crippen molar-refractivity contribution in [2.24, 2.45) is 0 Å². The van der Waals surface area contributed by atoms with E-state index < -0.39 is 6.04 Å². The molecule has 0 aliphatic heterocycles. The number of benzene rings is 2. The van der Waals surface area contributed by atoms with Crippen molar-refractivity contribution < 1.29 is 9.59 Å². The second-order valence-electron chi connectivity index (χ2n) is 9.04. The third-order valence-electron chi connectivity index (χ3n) is 5.52. The second kappa shape index (κ2) is 11.7. The van der Waals surface area contributed by atoms with Gasteiger partial charge in [0.25, 0.3) is 0 Å². The Hall–Kier alpha value is -2.04. The molecular formula is C26H34Cl2N2O2. The summed E-state index contributed by atoms with van der Waals surface area (Å²) in [6.45, 7) is 11.1. The largest absolute Gasteiger partial charge is 0.355 e. The van der Waals surface area contributed by atoms with E-state index in [4.69, 9.17) is 23.2 Å². The molecule has 0 aliphatic rings. The molecular weight excluding hydrogens is 443 g/mol. The number of aryl methyl sites for hydroxylation is 1. The Balaban J connectivity index is 2.20. The minimum Gasteiger partial charge on any atom is -0.355 e. The van der Waals surface area contributed by atoms with Gasteiger partial charge < -0.3 is 10.2 Å². The van der Waals surface area contributed by atoms with Gasteiger partial charge in [0.05, 0.1) is 10.0 Å². The van der Waals surface area contributed by atoms with Crippen molar-refractivity contribution in [1.82, 2.24) is 10.2 Å². The number of carbonyl (C=O) groups excluding carboxylic acids is 2.